The molecule has 1 atom stereocenters. The molecular formula is C26H26FN5O2S2. The monoisotopic (exact) mass is 523 g/mol. The standard InChI is InChI=1S/C26H26FN5O2S2/c1-3-17(2)32-25(34)21(36-26(32)35)16-18-23(28-22-10-6-7-11-31(22)24(18)33)30-14-12-29(13-15-30)20-9-5-4-8-19(20)27/h4-11,16-17H,3,12-15H2,1-2H3/b21-16+. The molecule has 0 N–H and O–H groups in total. The van der Waals surface area contributed by atoms with Crippen LogP contribution in [-0.2, 0) is 4.79 Å². The Morgan fingerprint density at radius 3 is 2.50 bits per heavy atom. The van der Waals surface area contributed by atoms with E-state index in [9.17, 15) is 14.0 Å². The molecule has 186 valence electrons. The third kappa shape index (κ3) is 4.39. The van der Waals surface area contributed by atoms with Crippen LogP contribution < -0.4 is 15.4 Å². The molecule has 7 nitrogen and oxygen atoms in total. The first-order valence-corrected chi connectivity index (χ1v) is 13.1. The van der Waals surface area contributed by atoms with E-state index in [2.05, 4.69) is 0 Å². The topological polar surface area (TPSA) is 61.2 Å². The molecule has 0 radical (unpaired) electrons. The Balaban J connectivity index is 1.52. The van der Waals surface area contributed by atoms with Gasteiger partial charge in [-0.15, -0.1) is 0 Å². The highest BCUT2D eigenvalue weighted by atomic mass is 32.2. The third-order valence-corrected chi connectivity index (χ3v) is 7.98. The van der Waals surface area contributed by atoms with Crippen LogP contribution in [0.15, 0.2) is 58.4 Å². The Morgan fingerprint density at radius 1 is 1.08 bits per heavy atom. The molecule has 5 rings (SSSR count). The molecule has 2 fully saturated rings. The minimum Gasteiger partial charge on any atom is -0.366 e. The maximum atomic E-state index is 14.3. The van der Waals surface area contributed by atoms with Gasteiger partial charge in [0.15, 0.2) is 0 Å². The van der Waals surface area contributed by atoms with Gasteiger partial charge in [-0.05, 0) is 43.7 Å². The number of pyridine rings is 1. The average molecular weight is 524 g/mol. The van der Waals surface area contributed by atoms with Gasteiger partial charge in [0.1, 0.15) is 21.6 Å². The minimum absolute atomic E-state index is 0.0230. The number of hydrogen-bond acceptors (Lipinski definition) is 7. The molecule has 4 heterocycles. The highest BCUT2D eigenvalue weighted by Gasteiger charge is 2.35. The lowest BCUT2D eigenvalue weighted by Gasteiger charge is -2.37. The fraction of sp³-hybridized carbons (Fsp3) is 0.308. The number of carbonyl (C=O) groups excluding carboxylic acids is 1. The van der Waals surface area contributed by atoms with Gasteiger partial charge in [0.05, 0.1) is 16.2 Å². The van der Waals surface area contributed by atoms with Crippen LogP contribution in [0.4, 0.5) is 15.9 Å². The molecule has 2 aliphatic heterocycles. The summed E-state index contributed by atoms with van der Waals surface area (Å²) in [6.07, 6.45) is 4.08. The fourth-order valence-electron chi connectivity index (χ4n) is 4.50. The molecule has 1 amide bonds. The summed E-state index contributed by atoms with van der Waals surface area (Å²) in [5.41, 5.74) is 1.19. The highest BCUT2D eigenvalue weighted by molar-refractivity contribution is 8.26. The van der Waals surface area contributed by atoms with Gasteiger partial charge < -0.3 is 9.80 Å². The minimum atomic E-state index is -0.253. The van der Waals surface area contributed by atoms with Crippen LogP contribution in [0.5, 0.6) is 0 Å². The Bertz CT molecular complexity index is 1430. The van der Waals surface area contributed by atoms with E-state index >= 15 is 0 Å². The molecule has 10 heteroatoms. The lowest BCUT2D eigenvalue weighted by Crippen LogP contribution is -2.47. The van der Waals surface area contributed by atoms with Gasteiger partial charge in [-0.25, -0.2) is 9.37 Å². The Morgan fingerprint density at radius 2 is 1.78 bits per heavy atom. The highest BCUT2D eigenvalue weighted by Crippen LogP contribution is 2.35. The number of aromatic nitrogens is 2. The van der Waals surface area contributed by atoms with E-state index in [1.807, 2.05) is 35.8 Å². The van der Waals surface area contributed by atoms with Crippen molar-refractivity contribution in [3.05, 3.63) is 75.3 Å². The number of carbonyl (C=O) groups is 1. The molecule has 2 aromatic heterocycles. The number of benzene rings is 1. The first kappa shape index (κ1) is 24.5. The van der Waals surface area contributed by atoms with Crippen LogP contribution in [0.2, 0.25) is 0 Å². The number of thiocarbonyl (C=S) groups is 1. The summed E-state index contributed by atoms with van der Waals surface area (Å²) < 4.78 is 16.3. The second kappa shape index (κ2) is 10.0. The number of anilines is 2. The third-order valence-electron chi connectivity index (χ3n) is 6.65. The van der Waals surface area contributed by atoms with Gasteiger partial charge in [0.25, 0.3) is 11.5 Å². The summed E-state index contributed by atoms with van der Waals surface area (Å²) in [4.78, 5) is 37.7. The van der Waals surface area contributed by atoms with Crippen molar-refractivity contribution >= 4 is 57.4 Å². The van der Waals surface area contributed by atoms with Crippen LogP contribution in [0, 0.1) is 5.82 Å². The van der Waals surface area contributed by atoms with Crippen molar-refractivity contribution in [1.29, 1.82) is 0 Å². The number of fused-ring (bicyclic) bond motifs is 1. The molecular weight excluding hydrogens is 497 g/mol. The van der Waals surface area contributed by atoms with E-state index in [1.165, 1.54) is 22.2 Å². The zero-order valence-electron chi connectivity index (χ0n) is 20.1. The summed E-state index contributed by atoms with van der Waals surface area (Å²) in [6, 6.07) is 12.1. The number of rotatable bonds is 5. The molecule has 36 heavy (non-hydrogen) atoms. The van der Waals surface area contributed by atoms with Crippen LogP contribution in [0.1, 0.15) is 25.8 Å². The lowest BCUT2D eigenvalue weighted by atomic mass is 10.2. The molecule has 0 spiro atoms. The van der Waals surface area contributed by atoms with Crippen molar-refractivity contribution in [2.45, 2.75) is 26.3 Å². The van der Waals surface area contributed by atoms with Crippen molar-refractivity contribution < 1.29 is 9.18 Å². The van der Waals surface area contributed by atoms with Crippen LogP contribution in [0.3, 0.4) is 0 Å². The smallest absolute Gasteiger partial charge is 0.267 e. The van der Waals surface area contributed by atoms with Crippen molar-refractivity contribution in [3.8, 4) is 0 Å². The first-order chi connectivity index (χ1) is 17.4. The maximum Gasteiger partial charge on any atom is 0.267 e. The second-order valence-electron chi connectivity index (χ2n) is 8.82. The van der Waals surface area contributed by atoms with E-state index in [0.29, 0.717) is 58.1 Å². The largest absolute Gasteiger partial charge is 0.366 e. The number of para-hydroxylation sites is 1. The summed E-state index contributed by atoms with van der Waals surface area (Å²) in [5, 5.41) is 0. The number of thioether (sulfide) groups is 1. The normalized spacial score (nSPS) is 18.5. The molecule has 3 aromatic rings. The summed E-state index contributed by atoms with van der Waals surface area (Å²) in [7, 11) is 0. The average Bonchev–Trinajstić information content (AvgIpc) is 3.18. The van der Waals surface area contributed by atoms with E-state index in [1.54, 1.807) is 41.4 Å². The molecule has 1 aromatic carbocycles. The Kier molecular flexibility index (Phi) is 6.81. The number of hydrogen-bond donors (Lipinski definition) is 0. The Labute approximate surface area is 218 Å². The van der Waals surface area contributed by atoms with Crippen LogP contribution in [-0.4, -0.2) is 56.7 Å². The lowest BCUT2D eigenvalue weighted by molar-refractivity contribution is -0.123. The van der Waals surface area contributed by atoms with Gasteiger partial charge in [0, 0.05) is 38.4 Å². The SMILES string of the molecule is CCC(C)N1C(=O)/C(=C\c2c(N3CCN(c4ccccc4F)CC3)nc3ccccn3c2=O)SC1=S. The molecule has 1 unspecified atom stereocenters. The van der Waals surface area contributed by atoms with Gasteiger partial charge in [0.2, 0.25) is 0 Å². The van der Waals surface area contributed by atoms with Gasteiger partial charge >= 0.3 is 0 Å². The zero-order valence-corrected chi connectivity index (χ0v) is 21.7. The summed E-state index contributed by atoms with van der Waals surface area (Å²) in [5.74, 6) is 0.0810. The summed E-state index contributed by atoms with van der Waals surface area (Å²) >= 11 is 6.69. The van der Waals surface area contributed by atoms with Crippen LogP contribution >= 0.6 is 24.0 Å². The van der Waals surface area contributed by atoms with Gasteiger partial charge in [-0.1, -0.05) is 49.1 Å². The van der Waals surface area contributed by atoms with Gasteiger partial charge in [-0.3, -0.25) is 18.9 Å². The van der Waals surface area contributed by atoms with Crippen molar-refractivity contribution in [2.24, 2.45) is 0 Å². The number of nitrogens with zero attached hydrogens (tertiary/aromatic N) is 5. The molecule has 0 aliphatic carbocycles. The number of amides is 1. The molecule has 0 bridgehead atoms. The van der Waals surface area contributed by atoms with E-state index in [0.717, 1.165) is 6.42 Å². The first-order valence-electron chi connectivity index (χ1n) is 11.9. The maximum absolute atomic E-state index is 14.3. The molecule has 2 saturated heterocycles. The predicted molar refractivity (Wildman–Crippen MR) is 147 cm³/mol. The van der Waals surface area contributed by atoms with E-state index in [-0.39, 0.29) is 23.3 Å². The molecule has 0 saturated carbocycles. The fourth-order valence-corrected chi connectivity index (χ4v) is 5.94. The van der Waals surface area contributed by atoms with Crippen LogP contribution in [0.25, 0.3) is 11.7 Å². The quantitative estimate of drug-likeness (QED) is 0.368. The number of halogens is 1. The van der Waals surface area contributed by atoms with Crippen molar-refractivity contribution in [2.75, 3.05) is 36.0 Å². The van der Waals surface area contributed by atoms with Gasteiger partial charge in [-0.2, -0.15) is 0 Å². The second-order valence-corrected chi connectivity index (χ2v) is 10.5. The zero-order chi connectivity index (χ0) is 25.4. The van der Waals surface area contributed by atoms with Crippen molar-refractivity contribution in [1.82, 2.24) is 14.3 Å². The van der Waals surface area contributed by atoms with E-state index in [4.69, 9.17) is 17.2 Å². The number of piperazine rings is 1. The summed E-state index contributed by atoms with van der Waals surface area (Å²) in [6.45, 7) is 6.22. The molecule has 2 aliphatic rings. The Hall–Kier alpha value is -3.24. The predicted octanol–water partition coefficient (Wildman–Crippen LogP) is 4.16. The van der Waals surface area contributed by atoms with E-state index < -0.39 is 0 Å². The van der Waals surface area contributed by atoms with Crippen molar-refractivity contribution in [3.63, 3.8) is 0 Å².